The van der Waals surface area contributed by atoms with Crippen LogP contribution in [-0.4, -0.2) is 0 Å². The summed E-state index contributed by atoms with van der Waals surface area (Å²) in [7, 11) is 9.87. The van der Waals surface area contributed by atoms with Crippen molar-refractivity contribution in [2.45, 2.75) is 17.5 Å². The summed E-state index contributed by atoms with van der Waals surface area (Å²) in [5, 5.41) is 0. The minimum absolute atomic E-state index is 0.639. The van der Waals surface area contributed by atoms with E-state index in [1.165, 1.54) is 22.3 Å². The van der Waals surface area contributed by atoms with E-state index in [0.717, 1.165) is 0 Å². The Bertz CT molecular complexity index is 651. The van der Waals surface area contributed by atoms with Gasteiger partial charge in [-0.3, -0.25) is 0 Å². The molecule has 0 aliphatic heterocycles. The zero-order valence-corrected chi connectivity index (χ0v) is 19.0. The zero-order chi connectivity index (χ0) is 16.1. The molecular weight excluding hydrogens is 470 g/mol. The van der Waals surface area contributed by atoms with Gasteiger partial charge in [0.25, 0.3) is 0 Å². The van der Waals surface area contributed by atoms with Gasteiger partial charge in [0, 0.05) is 0 Å². The predicted molar refractivity (Wildman–Crippen MR) is 89.1 cm³/mol. The van der Waals surface area contributed by atoms with Crippen molar-refractivity contribution in [3.8, 4) is 11.1 Å². The average molecular weight is 487 g/mol. The molecule has 0 bridgehead atoms. The Kier molecular flexibility index (Phi) is 7.82. The monoisotopic (exact) mass is 483 g/mol. The summed E-state index contributed by atoms with van der Waals surface area (Å²) in [5.74, 6) is 0.639. The fourth-order valence-electron chi connectivity index (χ4n) is 2.79. The van der Waals surface area contributed by atoms with Crippen LogP contribution in [0.3, 0.4) is 0 Å². The SMILES string of the molecule is CC(C)C1=Cc2c(-c3ccccc3)cccc2[CH]1[Zr].[Cl][Zr][Cl]. The molecule has 0 amide bonds. The number of fused-ring (bicyclic) bond motifs is 1. The van der Waals surface area contributed by atoms with Crippen LogP contribution in [-0.2, 0) is 45.6 Å². The number of benzene rings is 2. The van der Waals surface area contributed by atoms with Crippen molar-refractivity contribution in [1.82, 2.24) is 0 Å². The second-order valence-corrected chi connectivity index (χ2v) is 10.6. The maximum atomic E-state index is 4.93. The van der Waals surface area contributed by atoms with Crippen LogP contribution in [0, 0.1) is 5.92 Å². The summed E-state index contributed by atoms with van der Waals surface area (Å²) in [6.07, 6.45) is 2.43. The molecule has 3 rings (SSSR count). The Morgan fingerprint density at radius 1 is 1.00 bits per heavy atom. The fraction of sp³-hybridized carbons (Fsp3) is 0.222. The van der Waals surface area contributed by atoms with Crippen LogP contribution in [0.2, 0.25) is 0 Å². The molecule has 1 unspecified atom stereocenters. The van der Waals surface area contributed by atoms with Crippen LogP contribution in [0.25, 0.3) is 17.2 Å². The van der Waals surface area contributed by atoms with E-state index in [1.54, 1.807) is 30.3 Å². The Morgan fingerprint density at radius 2 is 1.64 bits per heavy atom. The van der Waals surface area contributed by atoms with E-state index < -0.39 is 20.8 Å². The Hall–Kier alpha value is 0.526. The molecule has 0 spiro atoms. The molecule has 0 saturated carbocycles. The maximum absolute atomic E-state index is 4.93. The van der Waals surface area contributed by atoms with Gasteiger partial charge in [-0.15, -0.1) is 0 Å². The van der Waals surface area contributed by atoms with Crippen LogP contribution in [0.5, 0.6) is 0 Å². The average Bonchev–Trinajstić information content (AvgIpc) is 2.87. The van der Waals surface area contributed by atoms with Gasteiger partial charge >= 0.3 is 168 Å². The van der Waals surface area contributed by atoms with Crippen molar-refractivity contribution in [1.29, 1.82) is 0 Å². The van der Waals surface area contributed by atoms with Crippen molar-refractivity contribution in [3.63, 3.8) is 0 Å². The molecule has 0 saturated heterocycles. The van der Waals surface area contributed by atoms with E-state index >= 15 is 0 Å². The first-order valence-corrected chi connectivity index (χ1v) is 14.9. The molecule has 1 atom stereocenters. The summed E-state index contributed by atoms with van der Waals surface area (Å²) < 4.78 is 0.644. The second kappa shape index (κ2) is 9.13. The van der Waals surface area contributed by atoms with Gasteiger partial charge in [-0.2, -0.15) is 0 Å². The molecule has 0 nitrogen and oxygen atoms in total. The van der Waals surface area contributed by atoms with E-state index in [2.05, 4.69) is 68.5 Å². The summed E-state index contributed by atoms with van der Waals surface area (Å²) in [6.45, 7) is 4.60. The number of allylic oxidation sites excluding steroid dienone is 1. The Morgan fingerprint density at radius 3 is 2.23 bits per heavy atom. The normalized spacial score (nSPS) is 15.6. The van der Waals surface area contributed by atoms with Crippen LogP contribution in [0.1, 0.15) is 28.6 Å². The predicted octanol–water partition coefficient (Wildman–Crippen LogP) is 6.37. The van der Waals surface area contributed by atoms with Crippen molar-refractivity contribution in [2.75, 3.05) is 0 Å². The Balaban J connectivity index is 0.000000545. The first-order valence-electron chi connectivity index (χ1n) is 7.17. The molecule has 0 heterocycles. The summed E-state index contributed by atoms with van der Waals surface area (Å²) in [4.78, 5) is 0. The topological polar surface area (TPSA) is 0 Å². The molecule has 0 N–H and O–H groups in total. The second-order valence-electron chi connectivity index (χ2n) is 5.48. The molecule has 0 radical (unpaired) electrons. The number of halogens is 2. The van der Waals surface area contributed by atoms with Gasteiger partial charge in [-0.25, -0.2) is 0 Å². The summed E-state index contributed by atoms with van der Waals surface area (Å²) in [6, 6.07) is 17.5. The van der Waals surface area contributed by atoms with E-state index in [4.69, 9.17) is 17.0 Å². The third-order valence-corrected chi connectivity index (χ3v) is 5.43. The molecular formula is C18H17Cl2Zr2. The van der Waals surface area contributed by atoms with E-state index in [9.17, 15) is 0 Å². The van der Waals surface area contributed by atoms with Gasteiger partial charge < -0.3 is 0 Å². The third kappa shape index (κ3) is 4.33. The van der Waals surface area contributed by atoms with Crippen LogP contribution >= 0.6 is 17.0 Å². The summed E-state index contributed by atoms with van der Waals surface area (Å²) >= 11 is 0.772. The summed E-state index contributed by atoms with van der Waals surface area (Å²) in [5.41, 5.74) is 7.25. The van der Waals surface area contributed by atoms with Crippen LogP contribution in [0.4, 0.5) is 0 Å². The van der Waals surface area contributed by atoms with Gasteiger partial charge in [0.1, 0.15) is 0 Å². The molecule has 22 heavy (non-hydrogen) atoms. The van der Waals surface area contributed by atoms with E-state index in [0.29, 0.717) is 9.54 Å². The molecule has 0 fully saturated rings. The molecule has 2 aromatic rings. The van der Waals surface area contributed by atoms with Gasteiger partial charge in [0.2, 0.25) is 0 Å². The number of hydrogen-bond donors (Lipinski definition) is 0. The fourth-order valence-corrected chi connectivity index (χ4v) is 4.44. The number of rotatable bonds is 2. The molecule has 1 aliphatic rings. The van der Waals surface area contributed by atoms with Crippen LogP contribution in [0.15, 0.2) is 54.1 Å². The first-order chi connectivity index (χ1) is 10.6. The van der Waals surface area contributed by atoms with Crippen molar-refractivity contribution in [3.05, 3.63) is 65.2 Å². The van der Waals surface area contributed by atoms with Crippen molar-refractivity contribution >= 4 is 23.1 Å². The van der Waals surface area contributed by atoms with Gasteiger partial charge in [0.15, 0.2) is 0 Å². The van der Waals surface area contributed by atoms with Gasteiger partial charge in [0.05, 0.1) is 0 Å². The standard InChI is InChI=1S/C18H17.2ClH.2Zr/c1-13(2)16-11-15-9-6-10-17(18(15)12-16)14-7-4-3-5-8-14;;;;/h3-13H,1-2H3;2*1H;;/q;;;;+2/p-2. The van der Waals surface area contributed by atoms with Crippen molar-refractivity contribution in [2.24, 2.45) is 5.92 Å². The third-order valence-electron chi connectivity index (χ3n) is 3.85. The zero-order valence-electron chi connectivity index (χ0n) is 12.6. The minimum atomic E-state index is -0.826. The van der Waals surface area contributed by atoms with Crippen LogP contribution < -0.4 is 0 Å². The van der Waals surface area contributed by atoms with Gasteiger partial charge in [-0.05, 0) is 0 Å². The van der Waals surface area contributed by atoms with Crippen molar-refractivity contribution < 1.29 is 45.6 Å². The molecule has 2 aromatic carbocycles. The molecule has 0 aromatic heterocycles. The molecule has 111 valence electrons. The molecule has 4 heteroatoms. The van der Waals surface area contributed by atoms with Gasteiger partial charge in [-0.1, -0.05) is 0 Å². The first kappa shape index (κ1) is 18.9. The number of hydrogen-bond acceptors (Lipinski definition) is 0. The van der Waals surface area contributed by atoms with E-state index in [1.807, 2.05) is 0 Å². The van der Waals surface area contributed by atoms with E-state index in [-0.39, 0.29) is 0 Å². The quantitative estimate of drug-likeness (QED) is 0.463. The Labute approximate surface area is 166 Å². The molecule has 1 aliphatic carbocycles.